The van der Waals surface area contributed by atoms with E-state index in [1.807, 2.05) is 0 Å². The van der Waals surface area contributed by atoms with Gasteiger partial charge in [0.15, 0.2) is 0 Å². The third kappa shape index (κ3) is 5.53. The fraction of sp³-hybridized carbons (Fsp3) is 0.833. The van der Waals surface area contributed by atoms with Crippen LogP contribution in [0.1, 0.15) is 13.3 Å². The molecule has 1 atom stereocenters. The third-order valence-corrected chi connectivity index (χ3v) is 1.03. The van der Waals surface area contributed by atoms with Crippen molar-refractivity contribution in [3.63, 3.8) is 0 Å². The average Bonchev–Trinajstić information content (AvgIpc) is 1.87. The Labute approximate surface area is 59.9 Å². The summed E-state index contributed by atoms with van der Waals surface area (Å²) in [7, 11) is 0. The molecule has 4 nitrogen and oxygen atoms in total. The highest BCUT2D eigenvalue weighted by molar-refractivity contribution is 5.76. The standard InChI is InChI=1S/C6H13NO3/c1-5(9)2-3-7-6(10)4-8/h5,8-9H,2-4H2,1H3,(H,7,10)/t5-/m1/s1. The zero-order chi connectivity index (χ0) is 7.98. The van der Waals surface area contributed by atoms with Gasteiger partial charge < -0.3 is 15.5 Å². The van der Waals surface area contributed by atoms with E-state index in [4.69, 9.17) is 10.2 Å². The van der Waals surface area contributed by atoms with Crippen molar-refractivity contribution in [2.45, 2.75) is 19.4 Å². The van der Waals surface area contributed by atoms with Crippen molar-refractivity contribution in [1.29, 1.82) is 0 Å². The molecular formula is C6H13NO3. The predicted molar refractivity (Wildman–Crippen MR) is 36.4 cm³/mol. The van der Waals surface area contributed by atoms with Crippen molar-refractivity contribution in [2.24, 2.45) is 0 Å². The minimum atomic E-state index is -0.486. The molecule has 4 heteroatoms. The van der Waals surface area contributed by atoms with E-state index in [0.717, 1.165) is 0 Å². The minimum Gasteiger partial charge on any atom is -0.393 e. The normalized spacial score (nSPS) is 12.7. The molecule has 0 spiro atoms. The molecule has 0 aliphatic rings. The molecule has 0 aliphatic carbocycles. The van der Waals surface area contributed by atoms with Crippen molar-refractivity contribution < 1.29 is 15.0 Å². The smallest absolute Gasteiger partial charge is 0.245 e. The van der Waals surface area contributed by atoms with E-state index in [-0.39, 0.29) is 0 Å². The van der Waals surface area contributed by atoms with Crippen LogP contribution in [0.15, 0.2) is 0 Å². The molecule has 3 N–H and O–H groups in total. The molecule has 0 aromatic rings. The van der Waals surface area contributed by atoms with Crippen LogP contribution in [0.2, 0.25) is 0 Å². The zero-order valence-corrected chi connectivity index (χ0v) is 6.00. The molecule has 10 heavy (non-hydrogen) atoms. The second-order valence-electron chi connectivity index (χ2n) is 2.15. The molecule has 0 rings (SSSR count). The average molecular weight is 147 g/mol. The Balaban J connectivity index is 3.12. The predicted octanol–water partition coefficient (Wildman–Crippen LogP) is -1.13. The molecule has 0 saturated carbocycles. The Hall–Kier alpha value is -0.610. The van der Waals surface area contributed by atoms with E-state index in [2.05, 4.69) is 5.32 Å². The van der Waals surface area contributed by atoms with Gasteiger partial charge in [0.1, 0.15) is 6.61 Å². The topological polar surface area (TPSA) is 69.6 Å². The number of carbonyl (C=O) groups is 1. The van der Waals surface area contributed by atoms with Crippen LogP contribution in [-0.4, -0.2) is 35.4 Å². The van der Waals surface area contributed by atoms with Crippen molar-refractivity contribution in [2.75, 3.05) is 13.2 Å². The molecule has 0 unspecified atom stereocenters. The van der Waals surface area contributed by atoms with Crippen LogP contribution in [-0.2, 0) is 4.79 Å². The fourth-order valence-corrected chi connectivity index (χ4v) is 0.476. The van der Waals surface area contributed by atoms with Crippen LogP contribution in [0.5, 0.6) is 0 Å². The van der Waals surface area contributed by atoms with E-state index >= 15 is 0 Å². The largest absolute Gasteiger partial charge is 0.393 e. The van der Waals surface area contributed by atoms with Crippen LogP contribution in [0, 0.1) is 0 Å². The number of rotatable bonds is 4. The number of nitrogens with one attached hydrogen (secondary N) is 1. The molecule has 0 aromatic heterocycles. The van der Waals surface area contributed by atoms with Crippen LogP contribution in [0.3, 0.4) is 0 Å². The number of hydrogen-bond donors (Lipinski definition) is 3. The molecule has 0 radical (unpaired) electrons. The van der Waals surface area contributed by atoms with Gasteiger partial charge in [-0.3, -0.25) is 4.79 Å². The maximum Gasteiger partial charge on any atom is 0.245 e. The SMILES string of the molecule is C[C@@H](O)CCNC(=O)CO. The van der Waals surface area contributed by atoms with Crippen molar-refractivity contribution in [3.8, 4) is 0 Å². The Morgan fingerprint density at radius 3 is 2.70 bits per heavy atom. The number of aliphatic hydroxyl groups excluding tert-OH is 2. The molecule has 60 valence electrons. The molecule has 0 aliphatic heterocycles. The second-order valence-corrected chi connectivity index (χ2v) is 2.15. The Kier molecular flexibility index (Phi) is 4.88. The van der Waals surface area contributed by atoms with E-state index in [1.54, 1.807) is 6.92 Å². The van der Waals surface area contributed by atoms with Crippen LogP contribution >= 0.6 is 0 Å². The minimum absolute atomic E-state index is 0.402. The summed E-state index contributed by atoms with van der Waals surface area (Å²) in [5.41, 5.74) is 0. The first-order valence-electron chi connectivity index (χ1n) is 3.22. The van der Waals surface area contributed by atoms with E-state index < -0.39 is 18.6 Å². The third-order valence-electron chi connectivity index (χ3n) is 1.03. The van der Waals surface area contributed by atoms with Gasteiger partial charge in [0.25, 0.3) is 0 Å². The van der Waals surface area contributed by atoms with Gasteiger partial charge in [-0.1, -0.05) is 0 Å². The quantitative estimate of drug-likeness (QED) is 0.471. The summed E-state index contributed by atoms with van der Waals surface area (Å²) in [5.74, 6) is -0.402. The van der Waals surface area contributed by atoms with Gasteiger partial charge in [-0.15, -0.1) is 0 Å². The molecule has 1 amide bonds. The van der Waals surface area contributed by atoms with Gasteiger partial charge in [-0.05, 0) is 13.3 Å². The van der Waals surface area contributed by atoms with Crippen molar-refractivity contribution >= 4 is 5.91 Å². The summed E-state index contributed by atoms with van der Waals surface area (Å²) in [6.07, 6.45) is 0.116. The molecule has 0 aromatic carbocycles. The lowest BCUT2D eigenvalue weighted by Gasteiger charge is -2.03. The maximum atomic E-state index is 10.4. The second kappa shape index (κ2) is 5.20. The van der Waals surface area contributed by atoms with Crippen molar-refractivity contribution in [3.05, 3.63) is 0 Å². The Bertz CT molecular complexity index is 103. The number of aliphatic hydroxyl groups is 2. The van der Waals surface area contributed by atoms with Gasteiger partial charge in [-0.25, -0.2) is 0 Å². The van der Waals surface area contributed by atoms with Gasteiger partial charge >= 0.3 is 0 Å². The summed E-state index contributed by atoms with van der Waals surface area (Å²) in [4.78, 5) is 10.4. The lowest BCUT2D eigenvalue weighted by atomic mass is 10.3. The summed E-state index contributed by atoms with van der Waals surface area (Å²) in [5, 5.41) is 19.4. The van der Waals surface area contributed by atoms with Crippen molar-refractivity contribution in [1.82, 2.24) is 5.32 Å². The fourth-order valence-electron chi connectivity index (χ4n) is 0.476. The lowest BCUT2D eigenvalue weighted by Crippen LogP contribution is -2.28. The van der Waals surface area contributed by atoms with E-state index in [0.29, 0.717) is 13.0 Å². The first kappa shape index (κ1) is 9.39. The highest BCUT2D eigenvalue weighted by Gasteiger charge is 1.98. The first-order valence-corrected chi connectivity index (χ1v) is 3.22. The number of carbonyl (C=O) groups excluding carboxylic acids is 1. The summed E-state index contributed by atoms with van der Waals surface area (Å²) < 4.78 is 0. The van der Waals surface area contributed by atoms with E-state index in [1.165, 1.54) is 0 Å². The summed E-state index contributed by atoms with van der Waals surface area (Å²) in [6.45, 7) is 1.57. The van der Waals surface area contributed by atoms with Crippen LogP contribution in [0.25, 0.3) is 0 Å². The van der Waals surface area contributed by atoms with Crippen LogP contribution < -0.4 is 5.32 Å². The molecule has 0 fully saturated rings. The van der Waals surface area contributed by atoms with E-state index in [9.17, 15) is 4.79 Å². The molecule has 0 saturated heterocycles. The number of amides is 1. The van der Waals surface area contributed by atoms with Gasteiger partial charge in [0.05, 0.1) is 6.10 Å². The number of hydrogen-bond acceptors (Lipinski definition) is 3. The summed E-state index contributed by atoms with van der Waals surface area (Å²) in [6, 6.07) is 0. The van der Waals surface area contributed by atoms with Crippen LogP contribution in [0.4, 0.5) is 0 Å². The lowest BCUT2D eigenvalue weighted by molar-refractivity contribution is -0.123. The van der Waals surface area contributed by atoms with Gasteiger partial charge in [-0.2, -0.15) is 0 Å². The molecule has 0 bridgehead atoms. The maximum absolute atomic E-state index is 10.4. The molecule has 0 heterocycles. The summed E-state index contributed by atoms with van der Waals surface area (Å²) >= 11 is 0. The molecular weight excluding hydrogens is 134 g/mol. The van der Waals surface area contributed by atoms with Gasteiger partial charge in [0.2, 0.25) is 5.91 Å². The zero-order valence-electron chi connectivity index (χ0n) is 6.00. The monoisotopic (exact) mass is 147 g/mol. The van der Waals surface area contributed by atoms with Gasteiger partial charge in [0, 0.05) is 6.54 Å². The highest BCUT2D eigenvalue weighted by atomic mass is 16.3. The first-order chi connectivity index (χ1) is 4.66. The Morgan fingerprint density at radius 1 is 1.70 bits per heavy atom. The Morgan fingerprint density at radius 2 is 2.30 bits per heavy atom. The highest BCUT2D eigenvalue weighted by Crippen LogP contribution is 1.84.